The average Bonchev–Trinajstić information content (AvgIpc) is 3.34. The van der Waals surface area contributed by atoms with Crippen molar-refractivity contribution in [1.29, 1.82) is 0 Å². The summed E-state index contributed by atoms with van der Waals surface area (Å²) in [5, 5.41) is 22.6. The first kappa shape index (κ1) is 18.1. The van der Waals surface area contributed by atoms with Crippen molar-refractivity contribution < 1.29 is 5.11 Å². The van der Waals surface area contributed by atoms with Crippen molar-refractivity contribution in [1.82, 2.24) is 5.32 Å². The zero-order valence-corrected chi connectivity index (χ0v) is 16.1. The Labute approximate surface area is 157 Å². The number of aliphatic hydroxyl groups excluding tert-OH is 1. The van der Waals surface area contributed by atoms with Crippen LogP contribution in [-0.2, 0) is 0 Å². The summed E-state index contributed by atoms with van der Waals surface area (Å²) in [6.45, 7) is 4.94. The van der Waals surface area contributed by atoms with Gasteiger partial charge in [-0.1, -0.05) is 35.9 Å². The highest BCUT2D eigenvalue weighted by atomic mass is 32.1. The minimum Gasteiger partial charge on any atom is -0.387 e. The number of rotatable bonds is 7. The molecule has 2 nitrogen and oxygen atoms in total. The monoisotopic (exact) mass is 369 g/mol. The van der Waals surface area contributed by atoms with Crippen molar-refractivity contribution in [2.75, 3.05) is 6.54 Å². The van der Waals surface area contributed by atoms with Gasteiger partial charge in [0, 0.05) is 12.6 Å². The summed E-state index contributed by atoms with van der Waals surface area (Å²) in [7, 11) is 0. The van der Waals surface area contributed by atoms with Crippen LogP contribution >= 0.6 is 22.7 Å². The molecule has 0 amide bonds. The predicted molar refractivity (Wildman–Crippen MR) is 109 cm³/mol. The fourth-order valence-corrected chi connectivity index (χ4v) is 4.22. The highest BCUT2D eigenvalue weighted by Gasteiger charge is 2.17. The topological polar surface area (TPSA) is 32.3 Å². The summed E-state index contributed by atoms with van der Waals surface area (Å²) in [6, 6.07) is 14.1. The Kier molecular flexibility index (Phi) is 6.21. The summed E-state index contributed by atoms with van der Waals surface area (Å²) >= 11 is 3.44. The van der Waals surface area contributed by atoms with Gasteiger partial charge in [0.1, 0.15) is 0 Å². The first-order valence-electron chi connectivity index (χ1n) is 8.38. The maximum absolute atomic E-state index is 10.5. The van der Waals surface area contributed by atoms with E-state index in [1.54, 1.807) is 22.7 Å². The molecule has 3 rings (SSSR count). The maximum Gasteiger partial charge on any atom is 0.0940 e. The third-order valence-corrected chi connectivity index (χ3v) is 5.72. The summed E-state index contributed by atoms with van der Waals surface area (Å²) in [5.41, 5.74) is 6.04. The Hall–Kier alpha value is -1.72. The third-order valence-electron chi connectivity index (χ3n) is 4.35. The second-order valence-electron chi connectivity index (χ2n) is 6.20. The molecule has 2 aromatic heterocycles. The van der Waals surface area contributed by atoms with Crippen LogP contribution in [-0.4, -0.2) is 17.7 Å². The molecule has 0 bridgehead atoms. The molecule has 2 atom stereocenters. The third kappa shape index (κ3) is 4.47. The van der Waals surface area contributed by atoms with E-state index in [-0.39, 0.29) is 6.04 Å². The molecule has 25 heavy (non-hydrogen) atoms. The SMILES string of the molecule is CC(CNC(C)C(O)c1ccccc1)=C(c1ccsc1)c1ccsc1. The summed E-state index contributed by atoms with van der Waals surface area (Å²) < 4.78 is 0. The van der Waals surface area contributed by atoms with Crippen molar-refractivity contribution >= 4 is 28.2 Å². The van der Waals surface area contributed by atoms with Gasteiger partial charge in [0.2, 0.25) is 0 Å². The molecule has 2 heterocycles. The summed E-state index contributed by atoms with van der Waals surface area (Å²) in [6.07, 6.45) is -0.514. The van der Waals surface area contributed by atoms with E-state index < -0.39 is 6.10 Å². The Bertz CT molecular complexity index is 756. The second kappa shape index (κ2) is 8.59. The number of benzene rings is 1. The number of hydrogen-bond acceptors (Lipinski definition) is 4. The maximum atomic E-state index is 10.5. The van der Waals surface area contributed by atoms with Crippen molar-refractivity contribution in [3.63, 3.8) is 0 Å². The Morgan fingerprint density at radius 2 is 1.60 bits per heavy atom. The molecule has 2 unspecified atom stereocenters. The molecule has 0 aliphatic heterocycles. The number of thiophene rings is 2. The normalized spacial score (nSPS) is 13.4. The zero-order chi connectivity index (χ0) is 17.6. The lowest BCUT2D eigenvalue weighted by Crippen LogP contribution is -2.33. The lowest BCUT2D eigenvalue weighted by Gasteiger charge is -2.22. The second-order valence-corrected chi connectivity index (χ2v) is 7.76. The molecule has 1 aromatic carbocycles. The molecular formula is C21H23NOS2. The Morgan fingerprint density at radius 3 is 2.12 bits per heavy atom. The van der Waals surface area contributed by atoms with E-state index in [1.807, 2.05) is 37.3 Å². The molecule has 0 spiro atoms. The first-order valence-corrected chi connectivity index (χ1v) is 10.3. The van der Waals surface area contributed by atoms with Crippen LogP contribution in [0.2, 0.25) is 0 Å². The van der Waals surface area contributed by atoms with Crippen molar-refractivity contribution in [2.45, 2.75) is 26.0 Å². The van der Waals surface area contributed by atoms with Crippen LogP contribution in [0.25, 0.3) is 5.57 Å². The van der Waals surface area contributed by atoms with Gasteiger partial charge in [0.15, 0.2) is 0 Å². The predicted octanol–water partition coefficient (Wildman–Crippen LogP) is 5.34. The highest BCUT2D eigenvalue weighted by molar-refractivity contribution is 7.08. The van der Waals surface area contributed by atoms with E-state index in [9.17, 15) is 5.11 Å². The molecule has 2 N–H and O–H groups in total. The van der Waals surface area contributed by atoms with Gasteiger partial charge >= 0.3 is 0 Å². The van der Waals surface area contributed by atoms with Gasteiger partial charge in [-0.2, -0.15) is 22.7 Å². The smallest absolute Gasteiger partial charge is 0.0940 e. The molecule has 0 saturated heterocycles. The Morgan fingerprint density at radius 1 is 1.00 bits per heavy atom. The quantitative estimate of drug-likeness (QED) is 0.589. The number of aliphatic hydroxyl groups is 1. The van der Waals surface area contributed by atoms with Gasteiger partial charge in [-0.15, -0.1) is 0 Å². The van der Waals surface area contributed by atoms with E-state index in [1.165, 1.54) is 22.3 Å². The average molecular weight is 370 g/mol. The van der Waals surface area contributed by atoms with E-state index in [2.05, 4.69) is 45.9 Å². The van der Waals surface area contributed by atoms with Crippen molar-refractivity contribution in [3.8, 4) is 0 Å². The van der Waals surface area contributed by atoms with E-state index >= 15 is 0 Å². The van der Waals surface area contributed by atoms with Gasteiger partial charge in [-0.05, 0) is 69.8 Å². The molecule has 0 aliphatic carbocycles. The first-order chi connectivity index (χ1) is 12.2. The molecule has 3 aromatic rings. The lowest BCUT2D eigenvalue weighted by molar-refractivity contribution is 0.137. The molecular weight excluding hydrogens is 346 g/mol. The van der Waals surface area contributed by atoms with Crippen molar-refractivity contribution in [3.05, 3.63) is 86.2 Å². The fourth-order valence-electron chi connectivity index (χ4n) is 2.93. The number of hydrogen-bond donors (Lipinski definition) is 2. The van der Waals surface area contributed by atoms with Crippen LogP contribution in [0.1, 0.15) is 36.6 Å². The summed E-state index contributed by atoms with van der Waals surface area (Å²) in [5.74, 6) is 0. The van der Waals surface area contributed by atoms with Crippen LogP contribution in [0.15, 0.2) is 69.6 Å². The summed E-state index contributed by atoms with van der Waals surface area (Å²) in [4.78, 5) is 0. The van der Waals surface area contributed by atoms with Gasteiger partial charge in [0.05, 0.1) is 6.10 Å². The lowest BCUT2D eigenvalue weighted by atomic mass is 9.97. The van der Waals surface area contributed by atoms with Crippen molar-refractivity contribution in [2.24, 2.45) is 0 Å². The van der Waals surface area contributed by atoms with Gasteiger partial charge in [-0.3, -0.25) is 0 Å². The standard InChI is InChI=1S/C21H23NOS2/c1-15(12-22-16(2)21(23)17-6-4-3-5-7-17)20(18-8-10-24-13-18)19-9-11-25-14-19/h3-11,13-14,16,21-23H,12H2,1-2H3. The van der Waals surface area contributed by atoms with E-state index in [4.69, 9.17) is 0 Å². The Balaban J connectivity index is 1.75. The van der Waals surface area contributed by atoms with Crippen LogP contribution in [0.3, 0.4) is 0 Å². The minimum atomic E-state index is -0.514. The molecule has 0 saturated carbocycles. The largest absolute Gasteiger partial charge is 0.387 e. The van der Waals surface area contributed by atoms with E-state index in [0.29, 0.717) is 0 Å². The molecule has 4 heteroatoms. The molecule has 130 valence electrons. The van der Waals surface area contributed by atoms with Gasteiger partial charge < -0.3 is 10.4 Å². The molecule has 0 radical (unpaired) electrons. The zero-order valence-electron chi connectivity index (χ0n) is 14.5. The van der Waals surface area contributed by atoms with Crippen LogP contribution in [0.5, 0.6) is 0 Å². The highest BCUT2D eigenvalue weighted by Crippen LogP contribution is 2.30. The fraction of sp³-hybridized carbons (Fsp3) is 0.238. The van der Waals surface area contributed by atoms with Gasteiger partial charge in [-0.25, -0.2) is 0 Å². The van der Waals surface area contributed by atoms with Gasteiger partial charge in [0.25, 0.3) is 0 Å². The molecule has 0 fully saturated rings. The van der Waals surface area contributed by atoms with Crippen LogP contribution < -0.4 is 5.32 Å². The minimum absolute atomic E-state index is 0.0245. The number of nitrogens with one attached hydrogen (secondary N) is 1. The van der Waals surface area contributed by atoms with Crippen LogP contribution in [0.4, 0.5) is 0 Å². The molecule has 0 aliphatic rings. The van der Waals surface area contributed by atoms with Crippen LogP contribution in [0, 0.1) is 0 Å². The van der Waals surface area contributed by atoms with E-state index in [0.717, 1.165) is 12.1 Å².